The Morgan fingerprint density at radius 2 is 2.42 bits per heavy atom. The lowest BCUT2D eigenvalue weighted by Gasteiger charge is -2.13. The van der Waals surface area contributed by atoms with Gasteiger partial charge in [0.15, 0.2) is 0 Å². The molecule has 0 saturated carbocycles. The monoisotopic (exact) mass is 173 g/mol. The van der Waals surface area contributed by atoms with Crippen LogP contribution in [0.3, 0.4) is 0 Å². The smallest absolute Gasteiger partial charge is 0.126 e. The van der Waals surface area contributed by atoms with Crippen molar-refractivity contribution >= 4 is 0 Å². The van der Waals surface area contributed by atoms with Crippen molar-refractivity contribution in [3.05, 3.63) is 23.7 Å². The SMILES string of the molecule is CCCNC1=C(F)CC(F)C=C1. The van der Waals surface area contributed by atoms with Crippen LogP contribution in [0.1, 0.15) is 19.8 Å². The zero-order valence-corrected chi connectivity index (χ0v) is 7.11. The van der Waals surface area contributed by atoms with Crippen LogP contribution < -0.4 is 5.32 Å². The third-order valence-electron chi connectivity index (χ3n) is 1.70. The Morgan fingerprint density at radius 1 is 1.67 bits per heavy atom. The zero-order valence-electron chi connectivity index (χ0n) is 7.11. The zero-order chi connectivity index (χ0) is 8.97. The Balaban J connectivity index is 2.52. The maximum atomic E-state index is 12.9. The maximum absolute atomic E-state index is 12.9. The van der Waals surface area contributed by atoms with Crippen molar-refractivity contribution in [2.45, 2.75) is 25.9 Å². The molecule has 68 valence electrons. The molecule has 1 aliphatic carbocycles. The summed E-state index contributed by atoms with van der Waals surface area (Å²) >= 11 is 0. The molecule has 0 aromatic rings. The highest BCUT2D eigenvalue weighted by atomic mass is 19.1. The van der Waals surface area contributed by atoms with E-state index in [0.717, 1.165) is 13.0 Å². The number of alkyl halides is 1. The standard InChI is InChI=1S/C9H13F2N/c1-2-5-12-9-4-3-7(10)6-8(9)11/h3-4,7,12H,2,5-6H2,1H3. The van der Waals surface area contributed by atoms with Crippen molar-refractivity contribution < 1.29 is 8.78 Å². The predicted molar refractivity (Wildman–Crippen MR) is 45.1 cm³/mol. The van der Waals surface area contributed by atoms with Gasteiger partial charge in [0.05, 0.1) is 5.70 Å². The molecule has 0 amide bonds. The third kappa shape index (κ3) is 2.32. The van der Waals surface area contributed by atoms with Crippen molar-refractivity contribution in [3.8, 4) is 0 Å². The van der Waals surface area contributed by atoms with Gasteiger partial charge in [-0.15, -0.1) is 0 Å². The summed E-state index contributed by atoms with van der Waals surface area (Å²) in [6.07, 6.45) is 2.50. The number of hydrogen-bond donors (Lipinski definition) is 1. The molecule has 3 heteroatoms. The Labute approximate surface area is 71.2 Å². The van der Waals surface area contributed by atoms with Gasteiger partial charge in [-0.3, -0.25) is 0 Å². The minimum atomic E-state index is -1.16. The second-order valence-corrected chi connectivity index (χ2v) is 2.82. The fourth-order valence-corrected chi connectivity index (χ4v) is 1.05. The van der Waals surface area contributed by atoms with Gasteiger partial charge in [-0.05, 0) is 18.6 Å². The Bertz CT molecular complexity index is 209. The molecule has 0 spiro atoms. The molecule has 1 aliphatic rings. The molecule has 0 bridgehead atoms. The summed E-state index contributed by atoms with van der Waals surface area (Å²) in [4.78, 5) is 0. The fourth-order valence-electron chi connectivity index (χ4n) is 1.05. The van der Waals surface area contributed by atoms with Gasteiger partial charge in [-0.2, -0.15) is 0 Å². The highest BCUT2D eigenvalue weighted by Crippen LogP contribution is 2.20. The first-order valence-electron chi connectivity index (χ1n) is 4.19. The van der Waals surface area contributed by atoms with E-state index in [-0.39, 0.29) is 12.2 Å². The van der Waals surface area contributed by atoms with E-state index in [1.54, 1.807) is 0 Å². The molecule has 1 N–H and O–H groups in total. The first kappa shape index (κ1) is 9.23. The summed E-state index contributed by atoms with van der Waals surface area (Å²) in [7, 11) is 0. The van der Waals surface area contributed by atoms with E-state index in [1.165, 1.54) is 12.2 Å². The number of halogens is 2. The average Bonchev–Trinajstić information content (AvgIpc) is 2.03. The molecule has 1 atom stereocenters. The van der Waals surface area contributed by atoms with Gasteiger partial charge in [0.25, 0.3) is 0 Å². The largest absolute Gasteiger partial charge is 0.383 e. The Hall–Kier alpha value is -0.860. The molecule has 12 heavy (non-hydrogen) atoms. The number of hydrogen-bond acceptors (Lipinski definition) is 1. The quantitative estimate of drug-likeness (QED) is 0.691. The van der Waals surface area contributed by atoms with Crippen molar-refractivity contribution in [2.75, 3.05) is 6.54 Å². The van der Waals surface area contributed by atoms with Gasteiger partial charge >= 0.3 is 0 Å². The van der Waals surface area contributed by atoms with Crippen molar-refractivity contribution in [1.82, 2.24) is 5.32 Å². The third-order valence-corrected chi connectivity index (χ3v) is 1.70. The summed E-state index contributed by atoms with van der Waals surface area (Å²) in [5.41, 5.74) is 0.436. The lowest BCUT2D eigenvalue weighted by molar-refractivity contribution is 0.364. The summed E-state index contributed by atoms with van der Waals surface area (Å²) in [5, 5.41) is 2.89. The molecule has 0 saturated heterocycles. The Kier molecular flexibility index (Phi) is 3.26. The van der Waals surface area contributed by atoms with Gasteiger partial charge in [-0.25, -0.2) is 8.78 Å². The molecule has 0 heterocycles. The molecule has 0 aromatic carbocycles. The van der Waals surface area contributed by atoms with Crippen molar-refractivity contribution in [2.24, 2.45) is 0 Å². The molecule has 1 nitrogen and oxygen atoms in total. The minimum absolute atomic E-state index is 0.122. The molecule has 1 rings (SSSR count). The molecule has 1 unspecified atom stereocenters. The van der Waals surface area contributed by atoms with E-state index in [9.17, 15) is 8.78 Å². The van der Waals surface area contributed by atoms with Gasteiger partial charge in [-0.1, -0.05) is 6.92 Å². The van der Waals surface area contributed by atoms with E-state index < -0.39 is 6.17 Å². The van der Waals surface area contributed by atoms with Crippen LogP contribution in [0, 0.1) is 0 Å². The van der Waals surface area contributed by atoms with Crippen molar-refractivity contribution in [1.29, 1.82) is 0 Å². The van der Waals surface area contributed by atoms with Gasteiger partial charge in [0.2, 0.25) is 0 Å². The van der Waals surface area contributed by atoms with Crippen LogP contribution in [0.5, 0.6) is 0 Å². The van der Waals surface area contributed by atoms with Crippen LogP contribution in [-0.4, -0.2) is 12.7 Å². The lowest BCUT2D eigenvalue weighted by Crippen LogP contribution is -2.17. The van der Waals surface area contributed by atoms with E-state index in [4.69, 9.17) is 0 Å². The molecule has 0 radical (unpaired) electrons. The summed E-state index contributed by atoms with van der Waals surface area (Å²) < 4.78 is 25.5. The summed E-state index contributed by atoms with van der Waals surface area (Å²) in [6.45, 7) is 2.72. The van der Waals surface area contributed by atoms with Crippen LogP contribution in [0.15, 0.2) is 23.7 Å². The number of allylic oxidation sites excluding steroid dienone is 3. The lowest BCUT2D eigenvalue weighted by atomic mass is 10.1. The van der Waals surface area contributed by atoms with Gasteiger partial charge in [0.1, 0.15) is 12.0 Å². The maximum Gasteiger partial charge on any atom is 0.126 e. The average molecular weight is 173 g/mol. The summed E-state index contributed by atoms with van der Waals surface area (Å²) in [5.74, 6) is -0.376. The van der Waals surface area contributed by atoms with Crippen LogP contribution >= 0.6 is 0 Å². The van der Waals surface area contributed by atoms with Gasteiger partial charge < -0.3 is 5.32 Å². The highest BCUT2D eigenvalue weighted by Gasteiger charge is 2.14. The van der Waals surface area contributed by atoms with Gasteiger partial charge in [0, 0.05) is 13.0 Å². The molecule has 0 fully saturated rings. The summed E-state index contributed by atoms with van der Waals surface area (Å²) in [6, 6.07) is 0. The van der Waals surface area contributed by atoms with E-state index in [1.807, 2.05) is 6.92 Å². The van der Waals surface area contributed by atoms with Crippen LogP contribution in [0.2, 0.25) is 0 Å². The van der Waals surface area contributed by atoms with Crippen LogP contribution in [0.4, 0.5) is 8.78 Å². The first-order chi connectivity index (χ1) is 5.74. The second kappa shape index (κ2) is 4.24. The number of nitrogens with one attached hydrogen (secondary N) is 1. The van der Waals surface area contributed by atoms with Crippen LogP contribution in [-0.2, 0) is 0 Å². The van der Waals surface area contributed by atoms with E-state index in [0.29, 0.717) is 5.70 Å². The molecule has 0 aromatic heterocycles. The first-order valence-corrected chi connectivity index (χ1v) is 4.19. The number of rotatable bonds is 3. The normalized spacial score (nSPS) is 23.1. The second-order valence-electron chi connectivity index (χ2n) is 2.82. The van der Waals surface area contributed by atoms with E-state index in [2.05, 4.69) is 5.32 Å². The Morgan fingerprint density at radius 3 is 3.00 bits per heavy atom. The molecular weight excluding hydrogens is 160 g/mol. The topological polar surface area (TPSA) is 12.0 Å². The highest BCUT2D eigenvalue weighted by molar-refractivity contribution is 5.26. The molecular formula is C9H13F2N. The molecule has 0 aliphatic heterocycles. The fraction of sp³-hybridized carbons (Fsp3) is 0.556. The van der Waals surface area contributed by atoms with E-state index >= 15 is 0 Å². The predicted octanol–water partition coefficient (Wildman–Crippen LogP) is 2.47. The van der Waals surface area contributed by atoms with Crippen LogP contribution in [0.25, 0.3) is 0 Å². The van der Waals surface area contributed by atoms with Crippen molar-refractivity contribution in [3.63, 3.8) is 0 Å². The minimum Gasteiger partial charge on any atom is -0.383 e.